The van der Waals surface area contributed by atoms with Crippen molar-refractivity contribution in [2.24, 2.45) is 0 Å². The number of fused-ring (bicyclic) bond motifs is 1. The molecule has 5 nitrogen and oxygen atoms in total. The van der Waals surface area contributed by atoms with E-state index in [1.54, 1.807) is 6.07 Å². The molecule has 1 heterocycles. The molecule has 0 radical (unpaired) electrons. The molecule has 0 amide bonds. The summed E-state index contributed by atoms with van der Waals surface area (Å²) in [6.07, 6.45) is 0. The second kappa shape index (κ2) is 2.55. The number of carbonyl (C=O) groups is 1. The third-order valence-electron chi connectivity index (χ3n) is 1.79. The summed E-state index contributed by atoms with van der Waals surface area (Å²) in [5.41, 5.74) is 1.23. The molecule has 0 bridgehead atoms. The highest BCUT2D eigenvalue weighted by Crippen LogP contribution is 2.10. The lowest BCUT2D eigenvalue weighted by atomic mass is 10.1. The van der Waals surface area contributed by atoms with Gasteiger partial charge in [0.1, 0.15) is 0 Å². The molecule has 2 aromatic rings. The molecule has 0 aliphatic rings. The van der Waals surface area contributed by atoms with E-state index in [0.717, 1.165) is 0 Å². The highest BCUT2D eigenvalue weighted by Gasteiger charge is 2.10. The van der Waals surface area contributed by atoms with Crippen molar-refractivity contribution in [3.05, 3.63) is 29.0 Å². The van der Waals surface area contributed by atoms with Crippen LogP contribution in [0.15, 0.2) is 22.8 Å². The normalized spacial score (nSPS) is 10.5. The van der Waals surface area contributed by atoms with Crippen LogP contribution in [0, 0.1) is 5.21 Å². The van der Waals surface area contributed by atoms with Gasteiger partial charge in [0.2, 0.25) is 11.0 Å². The number of ketones is 1. The zero-order chi connectivity index (χ0) is 9.42. The van der Waals surface area contributed by atoms with Crippen LogP contribution in [-0.2, 0) is 0 Å². The standard InChI is InChI=1S/C8H6N2O3/c1-5(11)6-2-3-8-7(4-6)9-13-10(8)12/h2-4H,1H3. The lowest BCUT2D eigenvalue weighted by Gasteiger charge is -1.90. The fourth-order valence-electron chi connectivity index (χ4n) is 1.09. The Morgan fingerprint density at radius 3 is 3.08 bits per heavy atom. The summed E-state index contributed by atoms with van der Waals surface area (Å²) in [7, 11) is 0. The van der Waals surface area contributed by atoms with Gasteiger partial charge in [-0.05, 0) is 24.0 Å². The molecular formula is C8H6N2O3. The van der Waals surface area contributed by atoms with Gasteiger partial charge in [-0.3, -0.25) is 9.42 Å². The summed E-state index contributed by atoms with van der Waals surface area (Å²) >= 11 is 0. The third-order valence-corrected chi connectivity index (χ3v) is 1.79. The fourth-order valence-corrected chi connectivity index (χ4v) is 1.09. The molecule has 0 atom stereocenters. The van der Waals surface area contributed by atoms with Crippen LogP contribution < -0.4 is 4.90 Å². The first-order chi connectivity index (χ1) is 6.18. The maximum atomic E-state index is 11.0. The average Bonchev–Trinajstić information content (AvgIpc) is 2.47. The molecule has 1 aromatic heterocycles. The molecule has 0 saturated carbocycles. The van der Waals surface area contributed by atoms with Gasteiger partial charge < -0.3 is 5.21 Å². The van der Waals surface area contributed by atoms with E-state index in [0.29, 0.717) is 21.5 Å². The fraction of sp³-hybridized carbons (Fsp3) is 0.125. The van der Waals surface area contributed by atoms with E-state index >= 15 is 0 Å². The van der Waals surface area contributed by atoms with Crippen molar-refractivity contribution in [1.82, 2.24) is 5.16 Å². The van der Waals surface area contributed by atoms with E-state index in [9.17, 15) is 10.0 Å². The van der Waals surface area contributed by atoms with Crippen LogP contribution in [0.25, 0.3) is 11.0 Å². The number of aromatic nitrogens is 2. The minimum atomic E-state index is -0.0673. The molecule has 0 spiro atoms. The molecule has 2 rings (SSSR count). The molecule has 0 N–H and O–H groups in total. The van der Waals surface area contributed by atoms with Gasteiger partial charge in [0.25, 0.3) is 0 Å². The van der Waals surface area contributed by atoms with E-state index < -0.39 is 0 Å². The Hall–Kier alpha value is -1.91. The number of nitrogens with zero attached hydrogens (tertiary/aromatic N) is 2. The van der Waals surface area contributed by atoms with Gasteiger partial charge in [0.05, 0.1) is 0 Å². The quantitative estimate of drug-likeness (QED) is 0.475. The molecule has 66 valence electrons. The average molecular weight is 178 g/mol. The second-order valence-electron chi connectivity index (χ2n) is 2.69. The summed E-state index contributed by atoms with van der Waals surface area (Å²) in [4.78, 5) is 11.3. The largest absolute Gasteiger partial charge is 0.359 e. The molecular weight excluding hydrogens is 172 g/mol. The van der Waals surface area contributed by atoms with Gasteiger partial charge in [-0.1, -0.05) is 0 Å². The van der Waals surface area contributed by atoms with Gasteiger partial charge in [-0.15, -0.1) is 0 Å². The molecule has 0 aliphatic heterocycles. The van der Waals surface area contributed by atoms with Crippen molar-refractivity contribution < 1.29 is 14.3 Å². The molecule has 13 heavy (non-hydrogen) atoms. The van der Waals surface area contributed by atoms with Crippen LogP contribution in [0.2, 0.25) is 0 Å². The van der Waals surface area contributed by atoms with Crippen molar-refractivity contribution in [2.75, 3.05) is 0 Å². The molecule has 1 aromatic carbocycles. The summed E-state index contributed by atoms with van der Waals surface area (Å²) in [6, 6.07) is 4.60. The molecule has 5 heteroatoms. The first kappa shape index (κ1) is 7.72. The summed E-state index contributed by atoms with van der Waals surface area (Å²) < 4.78 is 4.35. The first-order valence-electron chi connectivity index (χ1n) is 3.69. The highest BCUT2D eigenvalue weighted by molar-refractivity contribution is 5.96. The highest BCUT2D eigenvalue weighted by atomic mass is 16.8. The Kier molecular flexibility index (Phi) is 1.51. The van der Waals surface area contributed by atoms with Crippen LogP contribution in [0.3, 0.4) is 0 Å². The van der Waals surface area contributed by atoms with E-state index in [2.05, 4.69) is 9.79 Å². The van der Waals surface area contributed by atoms with Gasteiger partial charge in [-0.25, -0.2) is 0 Å². The number of carbonyl (C=O) groups excluding carboxylic acids is 1. The predicted octanol–water partition coefficient (Wildman–Crippen LogP) is 0.664. The van der Waals surface area contributed by atoms with E-state index in [1.165, 1.54) is 19.1 Å². The maximum absolute atomic E-state index is 11.0. The first-order valence-corrected chi connectivity index (χ1v) is 3.69. The predicted molar refractivity (Wildman–Crippen MR) is 43.0 cm³/mol. The van der Waals surface area contributed by atoms with E-state index in [-0.39, 0.29) is 5.78 Å². The van der Waals surface area contributed by atoms with Crippen molar-refractivity contribution in [1.29, 1.82) is 0 Å². The summed E-state index contributed by atoms with van der Waals surface area (Å²) in [5, 5.41) is 14.3. The Morgan fingerprint density at radius 2 is 2.38 bits per heavy atom. The van der Waals surface area contributed by atoms with Crippen LogP contribution in [0.1, 0.15) is 17.3 Å². The second-order valence-corrected chi connectivity index (χ2v) is 2.69. The number of hydrogen-bond acceptors (Lipinski definition) is 4. The number of Topliss-reactive ketones (excluding diaryl/α,β-unsaturated/α-hetero) is 1. The zero-order valence-electron chi connectivity index (χ0n) is 6.85. The monoisotopic (exact) mass is 178 g/mol. The Balaban J connectivity index is 2.70. The summed E-state index contributed by atoms with van der Waals surface area (Å²) in [5.74, 6) is -0.0673. The van der Waals surface area contributed by atoms with E-state index in [1.807, 2.05) is 0 Å². The topological polar surface area (TPSA) is 70.0 Å². The van der Waals surface area contributed by atoms with Crippen molar-refractivity contribution in [3.8, 4) is 0 Å². The SMILES string of the molecule is CC(=O)c1ccc2c(c1)no[n+]2[O-]. The zero-order valence-corrected chi connectivity index (χ0v) is 6.85. The van der Waals surface area contributed by atoms with Crippen LogP contribution >= 0.6 is 0 Å². The molecule has 0 saturated heterocycles. The molecule has 0 unspecified atom stereocenters. The van der Waals surface area contributed by atoms with Crippen LogP contribution in [0.4, 0.5) is 0 Å². The van der Waals surface area contributed by atoms with Crippen LogP contribution in [-0.4, -0.2) is 10.9 Å². The van der Waals surface area contributed by atoms with Gasteiger partial charge in [-0.2, -0.15) is 0 Å². The van der Waals surface area contributed by atoms with Gasteiger partial charge in [0.15, 0.2) is 5.78 Å². The van der Waals surface area contributed by atoms with Crippen molar-refractivity contribution in [2.45, 2.75) is 6.92 Å². The molecule has 0 fully saturated rings. The van der Waals surface area contributed by atoms with Crippen LogP contribution in [0.5, 0.6) is 0 Å². The lowest BCUT2D eigenvalue weighted by molar-refractivity contribution is -0.782. The number of hydrogen-bond donors (Lipinski definition) is 0. The van der Waals surface area contributed by atoms with Crippen molar-refractivity contribution >= 4 is 16.8 Å². The van der Waals surface area contributed by atoms with Gasteiger partial charge in [0, 0.05) is 16.8 Å². The Morgan fingerprint density at radius 1 is 1.62 bits per heavy atom. The third kappa shape index (κ3) is 1.14. The minimum absolute atomic E-state index is 0.0673. The minimum Gasteiger partial charge on any atom is -0.359 e. The van der Waals surface area contributed by atoms with Gasteiger partial charge >= 0.3 is 0 Å². The van der Waals surface area contributed by atoms with E-state index in [4.69, 9.17) is 0 Å². The summed E-state index contributed by atoms with van der Waals surface area (Å²) in [6.45, 7) is 1.45. The Bertz CT molecular complexity index is 475. The number of benzene rings is 1. The lowest BCUT2D eigenvalue weighted by Crippen LogP contribution is -2.22. The maximum Gasteiger partial charge on any atom is 0.249 e. The smallest absolute Gasteiger partial charge is 0.249 e. The number of rotatable bonds is 1. The Labute approximate surface area is 73.1 Å². The molecule has 0 aliphatic carbocycles. The van der Waals surface area contributed by atoms with Crippen molar-refractivity contribution in [3.63, 3.8) is 0 Å².